The largest absolute Gasteiger partial charge is 0.311 e. The van der Waals surface area contributed by atoms with E-state index >= 15 is 0 Å². The highest BCUT2D eigenvalue weighted by Gasteiger charge is 2.15. The summed E-state index contributed by atoms with van der Waals surface area (Å²) in [6.07, 6.45) is 3.80. The molecule has 2 heterocycles. The van der Waals surface area contributed by atoms with Crippen LogP contribution in [-0.4, -0.2) is 22.6 Å². The molecule has 0 spiro atoms. The van der Waals surface area contributed by atoms with E-state index in [1.807, 2.05) is 29.1 Å². The number of fused-ring (bicyclic) bond motifs is 1. The van der Waals surface area contributed by atoms with E-state index in [4.69, 9.17) is 0 Å². The number of carbonyl (C=O) groups excluding carboxylic acids is 1. The zero-order valence-electron chi connectivity index (χ0n) is 9.39. The van der Waals surface area contributed by atoms with Crippen molar-refractivity contribution in [3.8, 4) is 5.69 Å². The van der Waals surface area contributed by atoms with Crippen molar-refractivity contribution >= 4 is 6.29 Å². The Kier molecular flexibility index (Phi) is 2.49. The molecule has 86 valence electrons. The van der Waals surface area contributed by atoms with E-state index in [9.17, 15) is 4.79 Å². The first kappa shape index (κ1) is 10.2. The fraction of sp³-hybridized carbons (Fsp3) is 0.231. The number of nitrogens with zero attached hydrogens (tertiary/aromatic N) is 2. The lowest BCUT2D eigenvalue weighted by Crippen LogP contribution is -2.24. The van der Waals surface area contributed by atoms with Crippen LogP contribution in [-0.2, 0) is 13.0 Å². The molecule has 0 radical (unpaired) electrons. The molecule has 0 saturated heterocycles. The monoisotopic (exact) mass is 227 g/mol. The maximum Gasteiger partial charge on any atom is 0.150 e. The van der Waals surface area contributed by atoms with Gasteiger partial charge in [0.1, 0.15) is 6.29 Å². The van der Waals surface area contributed by atoms with Crippen LogP contribution in [0.4, 0.5) is 0 Å². The molecular weight excluding hydrogens is 214 g/mol. The summed E-state index contributed by atoms with van der Waals surface area (Å²) in [5.41, 5.74) is 4.11. The van der Waals surface area contributed by atoms with E-state index in [1.54, 1.807) is 6.07 Å². The molecule has 0 atom stereocenters. The Bertz CT molecular complexity index is 560. The van der Waals surface area contributed by atoms with Gasteiger partial charge in [-0.15, -0.1) is 0 Å². The van der Waals surface area contributed by atoms with Crippen molar-refractivity contribution in [1.29, 1.82) is 0 Å². The summed E-state index contributed by atoms with van der Waals surface area (Å²) in [5.74, 6) is 0. The minimum Gasteiger partial charge on any atom is -0.311 e. The number of carbonyl (C=O) groups is 1. The molecule has 1 N–H and O–H groups in total. The Morgan fingerprint density at radius 2 is 2.35 bits per heavy atom. The van der Waals surface area contributed by atoms with Crippen LogP contribution in [0, 0.1) is 0 Å². The lowest BCUT2D eigenvalue weighted by molar-refractivity contribution is 0.112. The van der Waals surface area contributed by atoms with Crippen LogP contribution in [0.15, 0.2) is 30.5 Å². The first-order valence-electron chi connectivity index (χ1n) is 5.70. The van der Waals surface area contributed by atoms with Gasteiger partial charge >= 0.3 is 0 Å². The number of aldehydes is 1. The van der Waals surface area contributed by atoms with E-state index in [-0.39, 0.29) is 0 Å². The standard InChI is InChI=1S/C13H13N3O/c17-9-10-2-1-3-12(6-10)16-13-8-14-5-4-11(13)7-15-16/h1-3,6-7,9,14H,4-5,8H2. The molecule has 4 nitrogen and oxygen atoms in total. The number of nitrogens with one attached hydrogen (secondary N) is 1. The molecule has 0 amide bonds. The first-order valence-corrected chi connectivity index (χ1v) is 5.70. The van der Waals surface area contributed by atoms with Crippen molar-refractivity contribution in [2.75, 3.05) is 6.54 Å². The topological polar surface area (TPSA) is 46.9 Å². The van der Waals surface area contributed by atoms with E-state index in [0.29, 0.717) is 5.56 Å². The average Bonchev–Trinajstić information content (AvgIpc) is 2.82. The zero-order valence-corrected chi connectivity index (χ0v) is 9.39. The Morgan fingerprint density at radius 3 is 3.24 bits per heavy atom. The predicted molar refractivity (Wildman–Crippen MR) is 64.4 cm³/mol. The van der Waals surface area contributed by atoms with Gasteiger partial charge < -0.3 is 5.32 Å². The molecule has 1 aromatic heterocycles. The van der Waals surface area contributed by atoms with Crippen LogP contribution >= 0.6 is 0 Å². The van der Waals surface area contributed by atoms with Gasteiger partial charge in [-0.05, 0) is 30.7 Å². The quantitative estimate of drug-likeness (QED) is 0.787. The predicted octanol–water partition coefficient (Wildman–Crippen LogP) is 1.33. The molecule has 17 heavy (non-hydrogen) atoms. The van der Waals surface area contributed by atoms with Crippen LogP contribution in [0.25, 0.3) is 5.69 Å². The Morgan fingerprint density at radius 1 is 1.41 bits per heavy atom. The third-order valence-corrected chi connectivity index (χ3v) is 3.07. The van der Waals surface area contributed by atoms with Gasteiger partial charge in [0.25, 0.3) is 0 Å². The van der Waals surface area contributed by atoms with E-state index in [2.05, 4.69) is 10.4 Å². The summed E-state index contributed by atoms with van der Waals surface area (Å²) in [7, 11) is 0. The van der Waals surface area contributed by atoms with Crippen LogP contribution in [0.2, 0.25) is 0 Å². The van der Waals surface area contributed by atoms with Gasteiger partial charge in [0.2, 0.25) is 0 Å². The van der Waals surface area contributed by atoms with Crippen LogP contribution in [0.3, 0.4) is 0 Å². The second-order valence-electron chi connectivity index (χ2n) is 4.17. The average molecular weight is 227 g/mol. The van der Waals surface area contributed by atoms with Crippen molar-refractivity contribution in [3.05, 3.63) is 47.3 Å². The van der Waals surface area contributed by atoms with Gasteiger partial charge in [-0.25, -0.2) is 4.68 Å². The van der Waals surface area contributed by atoms with Gasteiger partial charge in [0.05, 0.1) is 17.6 Å². The molecule has 0 aliphatic carbocycles. The first-order chi connectivity index (χ1) is 8.38. The van der Waals surface area contributed by atoms with Crippen molar-refractivity contribution in [3.63, 3.8) is 0 Å². The molecule has 3 rings (SSSR count). The molecule has 0 fully saturated rings. The maximum absolute atomic E-state index is 10.8. The van der Waals surface area contributed by atoms with Crippen molar-refractivity contribution < 1.29 is 4.79 Å². The van der Waals surface area contributed by atoms with Crippen molar-refractivity contribution in [2.24, 2.45) is 0 Å². The lowest BCUT2D eigenvalue weighted by atomic mass is 10.1. The minimum atomic E-state index is 0.676. The van der Waals surface area contributed by atoms with Gasteiger partial charge in [0, 0.05) is 12.1 Å². The minimum absolute atomic E-state index is 0.676. The highest BCUT2D eigenvalue weighted by molar-refractivity contribution is 5.75. The fourth-order valence-electron chi connectivity index (χ4n) is 2.19. The van der Waals surface area contributed by atoms with Crippen LogP contribution in [0.5, 0.6) is 0 Å². The number of hydrogen-bond donors (Lipinski definition) is 1. The lowest BCUT2D eigenvalue weighted by Gasteiger charge is -2.15. The molecule has 0 unspecified atom stereocenters. The molecule has 0 bridgehead atoms. The highest BCUT2D eigenvalue weighted by Crippen LogP contribution is 2.18. The number of aromatic nitrogens is 2. The number of hydrogen-bond acceptors (Lipinski definition) is 3. The van der Waals surface area contributed by atoms with E-state index in [0.717, 1.165) is 31.5 Å². The molecule has 1 aliphatic rings. The molecule has 2 aromatic rings. The fourth-order valence-corrected chi connectivity index (χ4v) is 2.19. The normalized spacial score (nSPS) is 14.4. The summed E-state index contributed by atoms with van der Waals surface area (Å²) < 4.78 is 1.91. The van der Waals surface area contributed by atoms with Gasteiger partial charge in [-0.1, -0.05) is 12.1 Å². The third kappa shape index (κ3) is 1.76. The Labute approximate surface area is 99.3 Å². The SMILES string of the molecule is O=Cc1cccc(-n2ncc3c2CNCC3)c1. The summed E-state index contributed by atoms with van der Waals surface area (Å²) in [6, 6.07) is 7.50. The van der Waals surface area contributed by atoms with Crippen LogP contribution < -0.4 is 5.32 Å². The van der Waals surface area contributed by atoms with E-state index in [1.165, 1.54) is 11.3 Å². The Balaban J connectivity index is 2.08. The molecular formula is C13H13N3O. The van der Waals surface area contributed by atoms with Gasteiger partial charge in [-0.3, -0.25) is 4.79 Å². The zero-order chi connectivity index (χ0) is 11.7. The molecule has 0 saturated carbocycles. The van der Waals surface area contributed by atoms with Crippen molar-refractivity contribution in [1.82, 2.24) is 15.1 Å². The molecule has 4 heteroatoms. The molecule has 1 aliphatic heterocycles. The summed E-state index contributed by atoms with van der Waals surface area (Å²) >= 11 is 0. The maximum atomic E-state index is 10.8. The highest BCUT2D eigenvalue weighted by atomic mass is 16.1. The van der Waals surface area contributed by atoms with Gasteiger partial charge in [0.15, 0.2) is 0 Å². The second-order valence-corrected chi connectivity index (χ2v) is 4.17. The molecule has 1 aromatic carbocycles. The Hall–Kier alpha value is -1.94. The van der Waals surface area contributed by atoms with E-state index < -0.39 is 0 Å². The van der Waals surface area contributed by atoms with Crippen LogP contribution in [0.1, 0.15) is 21.6 Å². The van der Waals surface area contributed by atoms with Gasteiger partial charge in [-0.2, -0.15) is 5.10 Å². The number of rotatable bonds is 2. The summed E-state index contributed by atoms with van der Waals surface area (Å²) in [6.45, 7) is 1.84. The van der Waals surface area contributed by atoms with Crippen molar-refractivity contribution in [2.45, 2.75) is 13.0 Å². The summed E-state index contributed by atoms with van der Waals surface area (Å²) in [5, 5.41) is 7.74. The summed E-state index contributed by atoms with van der Waals surface area (Å²) in [4.78, 5) is 10.8. The third-order valence-electron chi connectivity index (χ3n) is 3.07. The number of benzene rings is 1. The second kappa shape index (κ2) is 4.14. The smallest absolute Gasteiger partial charge is 0.150 e.